The molecule has 0 aliphatic rings. The van der Waals surface area contributed by atoms with Gasteiger partial charge in [0.2, 0.25) is 0 Å². The van der Waals surface area contributed by atoms with Crippen molar-refractivity contribution in [2.45, 2.75) is 38.8 Å². The molecule has 0 saturated carbocycles. The van der Waals surface area contributed by atoms with Gasteiger partial charge in [-0.15, -0.1) is 0 Å². The van der Waals surface area contributed by atoms with E-state index in [-0.39, 0.29) is 6.10 Å². The normalized spacial score (nSPS) is 12.7. The van der Waals surface area contributed by atoms with E-state index in [0.717, 1.165) is 37.4 Å². The summed E-state index contributed by atoms with van der Waals surface area (Å²) in [5, 5.41) is 13.5. The van der Waals surface area contributed by atoms with Crippen LogP contribution in [-0.4, -0.2) is 17.8 Å². The molecule has 0 aliphatic heterocycles. The van der Waals surface area contributed by atoms with E-state index >= 15 is 0 Å². The number of halogens is 1. The van der Waals surface area contributed by atoms with Crippen LogP contribution in [0.15, 0.2) is 24.3 Å². The van der Waals surface area contributed by atoms with Gasteiger partial charge < -0.3 is 10.4 Å². The van der Waals surface area contributed by atoms with E-state index in [2.05, 4.69) is 11.4 Å². The molecule has 0 aliphatic carbocycles. The van der Waals surface area contributed by atoms with Gasteiger partial charge in [-0.1, -0.05) is 30.7 Å². The van der Waals surface area contributed by atoms with Crippen LogP contribution in [0, 0.1) is 0 Å². The first-order valence-electron chi connectivity index (χ1n) is 5.85. The molecule has 3 heteroatoms. The standard InChI is InChI=1S/C13H20ClNO/c1-2-13(16)7-4-8-15-10-11-5-3-6-12(14)9-11/h3,5-6,9,13,15-16H,2,4,7-8,10H2,1H3. The van der Waals surface area contributed by atoms with Gasteiger partial charge in [0.25, 0.3) is 0 Å². The molecule has 1 rings (SSSR count). The van der Waals surface area contributed by atoms with Crippen LogP contribution >= 0.6 is 11.6 Å². The van der Waals surface area contributed by atoms with Crippen molar-refractivity contribution in [3.8, 4) is 0 Å². The van der Waals surface area contributed by atoms with Crippen molar-refractivity contribution < 1.29 is 5.11 Å². The largest absolute Gasteiger partial charge is 0.393 e. The minimum absolute atomic E-state index is 0.145. The van der Waals surface area contributed by atoms with E-state index in [1.54, 1.807) is 0 Å². The zero-order valence-corrected chi connectivity index (χ0v) is 10.5. The topological polar surface area (TPSA) is 32.3 Å². The summed E-state index contributed by atoms with van der Waals surface area (Å²) in [6, 6.07) is 7.86. The second-order valence-electron chi connectivity index (χ2n) is 4.01. The lowest BCUT2D eigenvalue weighted by molar-refractivity contribution is 0.157. The molecule has 0 aromatic heterocycles. The number of nitrogens with one attached hydrogen (secondary N) is 1. The molecule has 0 heterocycles. The van der Waals surface area contributed by atoms with Gasteiger partial charge in [0.15, 0.2) is 0 Å². The molecule has 0 radical (unpaired) electrons. The van der Waals surface area contributed by atoms with Gasteiger partial charge in [0.1, 0.15) is 0 Å². The van der Waals surface area contributed by atoms with E-state index in [1.807, 2.05) is 25.1 Å². The minimum atomic E-state index is -0.145. The van der Waals surface area contributed by atoms with Crippen molar-refractivity contribution in [2.75, 3.05) is 6.54 Å². The molecule has 0 spiro atoms. The summed E-state index contributed by atoms with van der Waals surface area (Å²) in [5.41, 5.74) is 1.20. The van der Waals surface area contributed by atoms with E-state index in [4.69, 9.17) is 11.6 Å². The van der Waals surface area contributed by atoms with Crippen molar-refractivity contribution in [1.29, 1.82) is 0 Å². The Bertz CT molecular complexity index is 304. The van der Waals surface area contributed by atoms with Crippen LogP contribution < -0.4 is 5.32 Å². The minimum Gasteiger partial charge on any atom is -0.393 e. The van der Waals surface area contributed by atoms with E-state index in [1.165, 1.54) is 5.56 Å². The molecule has 1 aromatic rings. The summed E-state index contributed by atoms with van der Waals surface area (Å²) < 4.78 is 0. The van der Waals surface area contributed by atoms with E-state index < -0.39 is 0 Å². The van der Waals surface area contributed by atoms with Crippen LogP contribution in [0.2, 0.25) is 5.02 Å². The number of aliphatic hydroxyl groups excluding tert-OH is 1. The average Bonchev–Trinajstić information content (AvgIpc) is 2.28. The summed E-state index contributed by atoms with van der Waals surface area (Å²) in [4.78, 5) is 0. The first kappa shape index (κ1) is 13.5. The molecular formula is C13H20ClNO. The van der Waals surface area contributed by atoms with Crippen LogP contribution in [0.1, 0.15) is 31.7 Å². The molecule has 1 aromatic carbocycles. The highest BCUT2D eigenvalue weighted by molar-refractivity contribution is 6.30. The zero-order chi connectivity index (χ0) is 11.8. The summed E-state index contributed by atoms with van der Waals surface area (Å²) in [5.74, 6) is 0. The van der Waals surface area contributed by atoms with Crippen molar-refractivity contribution in [3.05, 3.63) is 34.9 Å². The smallest absolute Gasteiger partial charge is 0.0538 e. The summed E-state index contributed by atoms with van der Waals surface area (Å²) >= 11 is 5.88. The molecule has 0 fully saturated rings. The van der Waals surface area contributed by atoms with Gasteiger partial charge in [-0.25, -0.2) is 0 Å². The number of rotatable bonds is 7. The van der Waals surface area contributed by atoms with Crippen LogP contribution in [0.3, 0.4) is 0 Å². The lowest BCUT2D eigenvalue weighted by atomic mass is 10.1. The highest BCUT2D eigenvalue weighted by atomic mass is 35.5. The molecule has 1 atom stereocenters. The fraction of sp³-hybridized carbons (Fsp3) is 0.538. The molecule has 0 saturated heterocycles. The van der Waals surface area contributed by atoms with Crippen LogP contribution in [-0.2, 0) is 6.54 Å². The highest BCUT2D eigenvalue weighted by Gasteiger charge is 1.99. The Kier molecular flexibility index (Phi) is 6.46. The van der Waals surface area contributed by atoms with Crippen molar-refractivity contribution in [2.24, 2.45) is 0 Å². The maximum atomic E-state index is 9.37. The number of aliphatic hydroxyl groups is 1. The summed E-state index contributed by atoms with van der Waals surface area (Å²) in [6.07, 6.45) is 2.58. The summed E-state index contributed by atoms with van der Waals surface area (Å²) in [6.45, 7) is 3.77. The third-order valence-corrected chi connectivity index (χ3v) is 2.82. The fourth-order valence-electron chi connectivity index (χ4n) is 1.55. The molecule has 90 valence electrons. The Morgan fingerprint density at radius 2 is 2.25 bits per heavy atom. The zero-order valence-electron chi connectivity index (χ0n) is 9.75. The Labute approximate surface area is 103 Å². The molecular weight excluding hydrogens is 222 g/mol. The number of hydrogen-bond donors (Lipinski definition) is 2. The lowest BCUT2D eigenvalue weighted by Gasteiger charge is -2.08. The third kappa shape index (κ3) is 5.50. The maximum absolute atomic E-state index is 9.37. The highest BCUT2D eigenvalue weighted by Crippen LogP contribution is 2.10. The number of benzene rings is 1. The predicted molar refractivity (Wildman–Crippen MR) is 68.7 cm³/mol. The fourth-order valence-corrected chi connectivity index (χ4v) is 1.76. The first-order chi connectivity index (χ1) is 7.72. The SMILES string of the molecule is CCC(O)CCCNCc1cccc(Cl)c1. The van der Waals surface area contributed by atoms with Crippen molar-refractivity contribution in [3.63, 3.8) is 0 Å². The van der Waals surface area contributed by atoms with Gasteiger partial charge in [-0.3, -0.25) is 0 Å². The molecule has 2 N–H and O–H groups in total. The second kappa shape index (κ2) is 7.66. The van der Waals surface area contributed by atoms with Gasteiger partial charge in [-0.2, -0.15) is 0 Å². The van der Waals surface area contributed by atoms with Crippen molar-refractivity contribution in [1.82, 2.24) is 5.32 Å². The third-order valence-electron chi connectivity index (χ3n) is 2.58. The van der Waals surface area contributed by atoms with Gasteiger partial charge in [-0.05, 0) is 43.5 Å². The second-order valence-corrected chi connectivity index (χ2v) is 4.45. The lowest BCUT2D eigenvalue weighted by Crippen LogP contribution is -2.16. The molecule has 2 nitrogen and oxygen atoms in total. The molecule has 1 unspecified atom stereocenters. The quantitative estimate of drug-likeness (QED) is 0.720. The predicted octanol–water partition coefficient (Wildman–Crippen LogP) is 2.98. The Balaban J connectivity index is 2.12. The van der Waals surface area contributed by atoms with Gasteiger partial charge in [0, 0.05) is 11.6 Å². The van der Waals surface area contributed by atoms with Gasteiger partial charge in [0.05, 0.1) is 6.10 Å². The average molecular weight is 242 g/mol. The maximum Gasteiger partial charge on any atom is 0.0538 e. The van der Waals surface area contributed by atoms with E-state index in [0.29, 0.717) is 0 Å². The molecule has 16 heavy (non-hydrogen) atoms. The number of hydrogen-bond acceptors (Lipinski definition) is 2. The molecule has 0 amide bonds. The Hall–Kier alpha value is -0.570. The van der Waals surface area contributed by atoms with Gasteiger partial charge >= 0.3 is 0 Å². The summed E-state index contributed by atoms with van der Waals surface area (Å²) in [7, 11) is 0. The monoisotopic (exact) mass is 241 g/mol. The van der Waals surface area contributed by atoms with Crippen LogP contribution in [0.4, 0.5) is 0 Å². The van der Waals surface area contributed by atoms with Crippen LogP contribution in [0.5, 0.6) is 0 Å². The van der Waals surface area contributed by atoms with Crippen LogP contribution in [0.25, 0.3) is 0 Å². The van der Waals surface area contributed by atoms with E-state index in [9.17, 15) is 5.11 Å². The Morgan fingerprint density at radius 3 is 2.94 bits per heavy atom. The molecule has 0 bridgehead atoms. The first-order valence-corrected chi connectivity index (χ1v) is 6.23. The Morgan fingerprint density at radius 1 is 1.44 bits per heavy atom. The van der Waals surface area contributed by atoms with Crippen molar-refractivity contribution >= 4 is 11.6 Å².